The van der Waals surface area contributed by atoms with Gasteiger partial charge in [0.2, 0.25) is 0 Å². The van der Waals surface area contributed by atoms with E-state index >= 15 is 0 Å². The van der Waals surface area contributed by atoms with Crippen LogP contribution in [-0.2, 0) is 0 Å². The molecule has 5 nitrogen and oxygen atoms in total. The summed E-state index contributed by atoms with van der Waals surface area (Å²) < 4.78 is 1.73. The van der Waals surface area contributed by atoms with E-state index in [9.17, 15) is 4.79 Å². The summed E-state index contributed by atoms with van der Waals surface area (Å²) in [5, 5.41) is 15.8. The molecule has 0 saturated heterocycles. The van der Waals surface area contributed by atoms with Crippen molar-refractivity contribution >= 4 is 5.91 Å². The lowest BCUT2D eigenvalue weighted by atomic mass is 10.1. The Hall–Kier alpha value is -2.14. The van der Waals surface area contributed by atoms with E-state index in [0.717, 1.165) is 5.69 Å². The Balaban J connectivity index is 2.04. The van der Waals surface area contributed by atoms with E-state index < -0.39 is 0 Å². The number of amides is 1. The second kappa shape index (κ2) is 6.15. The maximum atomic E-state index is 11.9. The van der Waals surface area contributed by atoms with Gasteiger partial charge in [-0.3, -0.25) is 4.79 Å². The van der Waals surface area contributed by atoms with Crippen LogP contribution >= 0.6 is 0 Å². The number of carbonyl (C=O) groups excluding carboxylic acids is 1. The summed E-state index contributed by atoms with van der Waals surface area (Å²) in [6.45, 7) is 1.94. The average molecular weight is 259 g/mol. The lowest BCUT2D eigenvalue weighted by Crippen LogP contribution is -2.33. The number of nitrogens with one attached hydrogen (secondary N) is 1. The van der Waals surface area contributed by atoms with Gasteiger partial charge in [-0.2, -0.15) is 5.10 Å². The molecular weight excluding hydrogens is 242 g/mol. The summed E-state index contributed by atoms with van der Waals surface area (Å²) in [6, 6.07) is 9.02. The Morgan fingerprint density at radius 3 is 2.74 bits per heavy atom. The fourth-order valence-electron chi connectivity index (χ4n) is 1.76. The smallest absolute Gasteiger partial charge is 0.251 e. The molecule has 0 bridgehead atoms. The molecule has 1 amide bonds. The molecule has 0 aliphatic carbocycles. The van der Waals surface area contributed by atoms with Crippen LogP contribution in [0, 0.1) is 0 Å². The highest BCUT2D eigenvalue weighted by atomic mass is 16.3. The third kappa shape index (κ3) is 3.42. The van der Waals surface area contributed by atoms with Gasteiger partial charge in [0.15, 0.2) is 0 Å². The van der Waals surface area contributed by atoms with Crippen LogP contribution in [-0.4, -0.2) is 33.4 Å². The molecule has 5 heteroatoms. The summed E-state index contributed by atoms with van der Waals surface area (Å²) in [4.78, 5) is 11.9. The van der Waals surface area contributed by atoms with Crippen LogP contribution in [0.5, 0.6) is 0 Å². The Bertz CT molecular complexity index is 520. The molecule has 0 saturated carbocycles. The second-order valence-electron chi connectivity index (χ2n) is 4.38. The van der Waals surface area contributed by atoms with E-state index in [1.54, 1.807) is 23.0 Å². The SMILES string of the molecule is CC(CCO)NC(=O)c1ccc(-n2cccn2)cc1. The summed E-state index contributed by atoms with van der Waals surface area (Å²) in [5.41, 5.74) is 1.51. The maximum Gasteiger partial charge on any atom is 0.251 e. The van der Waals surface area contributed by atoms with Crippen molar-refractivity contribution in [1.82, 2.24) is 15.1 Å². The number of rotatable bonds is 5. The zero-order chi connectivity index (χ0) is 13.7. The van der Waals surface area contributed by atoms with E-state index in [2.05, 4.69) is 10.4 Å². The van der Waals surface area contributed by atoms with Gasteiger partial charge in [0, 0.05) is 30.6 Å². The van der Waals surface area contributed by atoms with Gasteiger partial charge in [-0.25, -0.2) is 4.68 Å². The number of hydrogen-bond acceptors (Lipinski definition) is 3. The minimum atomic E-state index is -0.132. The molecule has 0 spiro atoms. The van der Waals surface area contributed by atoms with Crippen LogP contribution in [0.25, 0.3) is 5.69 Å². The molecule has 1 aromatic heterocycles. The van der Waals surface area contributed by atoms with Gasteiger partial charge in [0.05, 0.1) is 5.69 Å². The van der Waals surface area contributed by atoms with Gasteiger partial charge in [-0.15, -0.1) is 0 Å². The molecule has 1 unspecified atom stereocenters. The van der Waals surface area contributed by atoms with E-state index in [0.29, 0.717) is 12.0 Å². The highest BCUT2D eigenvalue weighted by Crippen LogP contribution is 2.09. The fourth-order valence-corrected chi connectivity index (χ4v) is 1.76. The van der Waals surface area contributed by atoms with Crippen molar-refractivity contribution in [1.29, 1.82) is 0 Å². The van der Waals surface area contributed by atoms with Crippen molar-refractivity contribution in [2.45, 2.75) is 19.4 Å². The molecule has 2 N–H and O–H groups in total. The highest BCUT2D eigenvalue weighted by molar-refractivity contribution is 5.94. The van der Waals surface area contributed by atoms with Gasteiger partial charge in [-0.05, 0) is 43.7 Å². The molecule has 2 rings (SSSR count). The summed E-state index contributed by atoms with van der Waals surface area (Å²) in [6.07, 6.45) is 4.10. The summed E-state index contributed by atoms with van der Waals surface area (Å²) in [5.74, 6) is -0.132. The molecule has 2 aromatic rings. The van der Waals surface area contributed by atoms with Crippen LogP contribution in [0.4, 0.5) is 0 Å². The Morgan fingerprint density at radius 1 is 1.42 bits per heavy atom. The van der Waals surface area contributed by atoms with Gasteiger partial charge in [0.25, 0.3) is 5.91 Å². The van der Waals surface area contributed by atoms with E-state index in [1.165, 1.54) is 0 Å². The minimum absolute atomic E-state index is 0.0386. The Morgan fingerprint density at radius 2 is 2.16 bits per heavy atom. The van der Waals surface area contributed by atoms with Crippen molar-refractivity contribution < 1.29 is 9.90 Å². The van der Waals surface area contributed by atoms with E-state index in [1.807, 2.05) is 31.3 Å². The number of nitrogens with zero attached hydrogens (tertiary/aromatic N) is 2. The molecule has 0 aliphatic rings. The van der Waals surface area contributed by atoms with Crippen molar-refractivity contribution in [3.8, 4) is 5.69 Å². The van der Waals surface area contributed by atoms with E-state index in [4.69, 9.17) is 5.11 Å². The summed E-state index contributed by atoms with van der Waals surface area (Å²) in [7, 11) is 0. The second-order valence-corrected chi connectivity index (χ2v) is 4.38. The molecule has 1 aromatic carbocycles. The molecule has 100 valence electrons. The lowest BCUT2D eigenvalue weighted by Gasteiger charge is -2.12. The van der Waals surface area contributed by atoms with Gasteiger partial charge in [-0.1, -0.05) is 0 Å². The van der Waals surface area contributed by atoms with Gasteiger partial charge < -0.3 is 10.4 Å². The number of aliphatic hydroxyl groups excluding tert-OH is 1. The number of aromatic nitrogens is 2. The third-order valence-electron chi connectivity index (χ3n) is 2.84. The van der Waals surface area contributed by atoms with Crippen molar-refractivity contribution in [2.75, 3.05) is 6.61 Å². The van der Waals surface area contributed by atoms with Gasteiger partial charge >= 0.3 is 0 Å². The molecule has 0 radical (unpaired) electrons. The molecule has 19 heavy (non-hydrogen) atoms. The Labute approximate surface area is 111 Å². The monoisotopic (exact) mass is 259 g/mol. The van der Waals surface area contributed by atoms with E-state index in [-0.39, 0.29) is 18.6 Å². The first kappa shape index (κ1) is 13.3. The average Bonchev–Trinajstić information content (AvgIpc) is 2.93. The molecule has 0 fully saturated rings. The number of carbonyl (C=O) groups is 1. The first-order chi connectivity index (χ1) is 9.20. The van der Waals surface area contributed by atoms with Crippen molar-refractivity contribution in [3.63, 3.8) is 0 Å². The summed E-state index contributed by atoms with van der Waals surface area (Å²) >= 11 is 0. The maximum absolute atomic E-state index is 11.9. The van der Waals surface area contributed by atoms with Crippen molar-refractivity contribution in [2.24, 2.45) is 0 Å². The molecule has 1 atom stereocenters. The number of benzene rings is 1. The topological polar surface area (TPSA) is 67.2 Å². The third-order valence-corrected chi connectivity index (χ3v) is 2.84. The molecule has 0 aliphatic heterocycles. The van der Waals surface area contributed by atoms with Crippen LogP contribution in [0.2, 0.25) is 0 Å². The normalized spacial score (nSPS) is 12.1. The zero-order valence-electron chi connectivity index (χ0n) is 10.8. The number of hydrogen-bond donors (Lipinski definition) is 2. The van der Waals surface area contributed by atoms with Crippen molar-refractivity contribution in [3.05, 3.63) is 48.3 Å². The standard InChI is InChI=1S/C14H17N3O2/c1-11(7-10-18)16-14(19)12-3-5-13(6-4-12)17-9-2-8-15-17/h2-6,8-9,11,18H,7,10H2,1H3,(H,16,19). The molecule has 1 heterocycles. The lowest BCUT2D eigenvalue weighted by molar-refractivity contribution is 0.0934. The minimum Gasteiger partial charge on any atom is -0.396 e. The highest BCUT2D eigenvalue weighted by Gasteiger charge is 2.09. The van der Waals surface area contributed by atoms with Crippen LogP contribution < -0.4 is 5.32 Å². The first-order valence-electron chi connectivity index (χ1n) is 6.22. The fraction of sp³-hybridized carbons (Fsp3) is 0.286. The number of aliphatic hydroxyl groups is 1. The largest absolute Gasteiger partial charge is 0.396 e. The predicted molar refractivity (Wildman–Crippen MR) is 72.2 cm³/mol. The Kier molecular flexibility index (Phi) is 4.30. The van der Waals surface area contributed by atoms with Crippen LogP contribution in [0.15, 0.2) is 42.7 Å². The quantitative estimate of drug-likeness (QED) is 0.852. The van der Waals surface area contributed by atoms with Crippen LogP contribution in [0.3, 0.4) is 0 Å². The first-order valence-corrected chi connectivity index (χ1v) is 6.22. The predicted octanol–water partition coefficient (Wildman–Crippen LogP) is 1.37. The molecular formula is C14H17N3O2. The zero-order valence-corrected chi connectivity index (χ0v) is 10.8. The van der Waals surface area contributed by atoms with Crippen LogP contribution in [0.1, 0.15) is 23.7 Å². The van der Waals surface area contributed by atoms with Gasteiger partial charge in [0.1, 0.15) is 0 Å².